The molecule has 0 saturated carbocycles. The van der Waals surface area contributed by atoms with Gasteiger partial charge in [-0.2, -0.15) is 0 Å². The largest absolute Gasteiger partial charge is 0.425 e. The van der Waals surface area contributed by atoms with Crippen molar-refractivity contribution in [1.82, 2.24) is 5.32 Å². The number of hydrogen-bond donors (Lipinski definition) is 1. The first-order valence-corrected chi connectivity index (χ1v) is 7.08. The Bertz CT molecular complexity index is 464. The predicted octanol–water partition coefficient (Wildman–Crippen LogP) is 2.18. The van der Waals surface area contributed by atoms with Gasteiger partial charge in [0.15, 0.2) is 0 Å². The molecule has 1 heterocycles. The molecule has 0 spiro atoms. The van der Waals surface area contributed by atoms with Crippen LogP contribution in [0.4, 0.5) is 10.5 Å². The summed E-state index contributed by atoms with van der Waals surface area (Å²) in [6.45, 7) is 3.67. The van der Waals surface area contributed by atoms with Crippen LogP contribution in [-0.2, 0) is 9.53 Å². The van der Waals surface area contributed by atoms with Gasteiger partial charge in [0.05, 0.1) is 5.88 Å². The van der Waals surface area contributed by atoms with E-state index < -0.39 is 11.5 Å². The molecular formula is C13H16N2O3S. The molecule has 1 aliphatic heterocycles. The quantitative estimate of drug-likeness (QED) is 0.922. The molecule has 1 aromatic rings. The minimum Gasteiger partial charge on any atom is -0.425 e. The maximum atomic E-state index is 12.1. The molecule has 1 aromatic carbocycles. The van der Waals surface area contributed by atoms with E-state index in [-0.39, 0.29) is 11.9 Å². The maximum absolute atomic E-state index is 12.1. The first-order chi connectivity index (χ1) is 9.08. The molecule has 0 aromatic heterocycles. The van der Waals surface area contributed by atoms with Crippen molar-refractivity contribution in [2.24, 2.45) is 0 Å². The van der Waals surface area contributed by atoms with Crippen LogP contribution >= 0.6 is 11.8 Å². The summed E-state index contributed by atoms with van der Waals surface area (Å²) >= 11 is 1.30. The standard InChI is InChI=1S/C13H16N2O3S/c1-9(2)14-13(17)18-12-11(16)15(8-19-12)10-6-4-3-5-7-10/h3-7,9,12H,8H2,1-2H3,(H,14,17). The average Bonchev–Trinajstić information content (AvgIpc) is 2.71. The topological polar surface area (TPSA) is 58.6 Å². The van der Waals surface area contributed by atoms with Crippen LogP contribution in [0.1, 0.15) is 13.8 Å². The lowest BCUT2D eigenvalue weighted by molar-refractivity contribution is -0.122. The number of anilines is 1. The number of nitrogens with zero attached hydrogens (tertiary/aromatic N) is 1. The second kappa shape index (κ2) is 5.97. The molecule has 5 nitrogen and oxygen atoms in total. The number of carbonyl (C=O) groups is 2. The summed E-state index contributed by atoms with van der Waals surface area (Å²) in [5.74, 6) is 0.290. The molecule has 0 radical (unpaired) electrons. The summed E-state index contributed by atoms with van der Waals surface area (Å²) in [6.07, 6.45) is -0.559. The van der Waals surface area contributed by atoms with Gasteiger partial charge in [-0.25, -0.2) is 4.79 Å². The summed E-state index contributed by atoms with van der Waals surface area (Å²) in [7, 11) is 0. The Morgan fingerprint density at radius 1 is 1.42 bits per heavy atom. The van der Waals surface area contributed by atoms with E-state index in [0.29, 0.717) is 5.88 Å². The number of carbonyl (C=O) groups excluding carboxylic acids is 2. The Morgan fingerprint density at radius 2 is 2.11 bits per heavy atom. The Balaban J connectivity index is 1.97. The van der Waals surface area contributed by atoms with Crippen molar-refractivity contribution in [3.63, 3.8) is 0 Å². The summed E-state index contributed by atoms with van der Waals surface area (Å²) in [5, 5.41) is 2.60. The van der Waals surface area contributed by atoms with Crippen LogP contribution in [0.25, 0.3) is 0 Å². The third-order valence-electron chi connectivity index (χ3n) is 2.51. The van der Waals surface area contributed by atoms with Crippen molar-refractivity contribution in [2.75, 3.05) is 10.8 Å². The first-order valence-electron chi connectivity index (χ1n) is 6.03. The lowest BCUT2D eigenvalue weighted by Crippen LogP contribution is -2.37. The summed E-state index contributed by atoms with van der Waals surface area (Å²) in [6, 6.07) is 9.32. The van der Waals surface area contributed by atoms with Crippen LogP contribution in [0.5, 0.6) is 0 Å². The zero-order valence-corrected chi connectivity index (χ0v) is 11.6. The number of para-hydroxylation sites is 1. The molecule has 19 heavy (non-hydrogen) atoms. The van der Waals surface area contributed by atoms with E-state index in [4.69, 9.17) is 4.74 Å². The molecule has 2 rings (SSSR count). The van der Waals surface area contributed by atoms with Gasteiger partial charge in [-0.05, 0) is 26.0 Å². The van der Waals surface area contributed by atoms with E-state index in [1.807, 2.05) is 44.2 Å². The minimum atomic E-state index is -0.765. The number of rotatable bonds is 3. The van der Waals surface area contributed by atoms with Crippen molar-refractivity contribution < 1.29 is 14.3 Å². The third-order valence-corrected chi connectivity index (χ3v) is 3.52. The molecule has 2 amide bonds. The van der Waals surface area contributed by atoms with Gasteiger partial charge < -0.3 is 10.1 Å². The number of amides is 2. The molecular weight excluding hydrogens is 264 g/mol. The van der Waals surface area contributed by atoms with Crippen molar-refractivity contribution in [3.05, 3.63) is 30.3 Å². The van der Waals surface area contributed by atoms with E-state index in [0.717, 1.165) is 5.69 Å². The van der Waals surface area contributed by atoms with Gasteiger partial charge in [0, 0.05) is 11.7 Å². The molecule has 1 atom stereocenters. The van der Waals surface area contributed by atoms with Crippen LogP contribution in [-0.4, -0.2) is 29.4 Å². The Kier molecular flexibility index (Phi) is 4.31. The SMILES string of the molecule is CC(C)NC(=O)OC1SCN(c2ccccc2)C1=O. The van der Waals surface area contributed by atoms with Crippen molar-refractivity contribution in [3.8, 4) is 0 Å². The van der Waals surface area contributed by atoms with Gasteiger partial charge in [-0.3, -0.25) is 9.69 Å². The number of ether oxygens (including phenoxy) is 1. The van der Waals surface area contributed by atoms with E-state index in [2.05, 4.69) is 5.32 Å². The normalized spacial score (nSPS) is 18.8. The lowest BCUT2D eigenvalue weighted by atomic mass is 10.3. The van der Waals surface area contributed by atoms with E-state index in [1.165, 1.54) is 11.8 Å². The molecule has 1 N–H and O–H groups in total. The molecule has 6 heteroatoms. The fourth-order valence-electron chi connectivity index (χ4n) is 1.67. The highest BCUT2D eigenvalue weighted by Crippen LogP contribution is 2.29. The van der Waals surface area contributed by atoms with E-state index in [9.17, 15) is 9.59 Å². The molecule has 0 bridgehead atoms. The van der Waals surface area contributed by atoms with Crippen molar-refractivity contribution in [1.29, 1.82) is 0 Å². The third kappa shape index (κ3) is 3.41. The predicted molar refractivity (Wildman–Crippen MR) is 74.9 cm³/mol. The fraction of sp³-hybridized carbons (Fsp3) is 0.385. The minimum absolute atomic E-state index is 0.0146. The second-order valence-corrected chi connectivity index (χ2v) is 5.45. The number of nitrogens with one attached hydrogen (secondary N) is 1. The van der Waals surface area contributed by atoms with Crippen LogP contribution in [0.15, 0.2) is 30.3 Å². The summed E-state index contributed by atoms with van der Waals surface area (Å²) < 4.78 is 5.11. The Hall–Kier alpha value is -1.69. The molecule has 102 valence electrons. The summed E-state index contributed by atoms with van der Waals surface area (Å²) in [4.78, 5) is 25.2. The van der Waals surface area contributed by atoms with Crippen molar-refractivity contribution in [2.45, 2.75) is 25.3 Å². The molecule has 1 fully saturated rings. The van der Waals surface area contributed by atoms with Gasteiger partial charge in [0.2, 0.25) is 5.44 Å². The maximum Gasteiger partial charge on any atom is 0.408 e. The molecule has 1 unspecified atom stereocenters. The summed E-state index contributed by atoms with van der Waals surface area (Å²) in [5.41, 5.74) is 0.0503. The average molecular weight is 280 g/mol. The van der Waals surface area contributed by atoms with Gasteiger partial charge >= 0.3 is 6.09 Å². The highest BCUT2D eigenvalue weighted by atomic mass is 32.2. The van der Waals surface area contributed by atoms with E-state index >= 15 is 0 Å². The Morgan fingerprint density at radius 3 is 2.74 bits per heavy atom. The number of alkyl carbamates (subject to hydrolysis) is 1. The highest BCUT2D eigenvalue weighted by molar-refractivity contribution is 8.01. The zero-order chi connectivity index (χ0) is 13.8. The van der Waals surface area contributed by atoms with Crippen LogP contribution in [0.2, 0.25) is 0 Å². The highest BCUT2D eigenvalue weighted by Gasteiger charge is 2.36. The molecule has 1 saturated heterocycles. The Labute approximate surface area is 116 Å². The van der Waals surface area contributed by atoms with Crippen LogP contribution < -0.4 is 10.2 Å². The fourth-order valence-corrected chi connectivity index (χ4v) is 2.65. The number of benzene rings is 1. The van der Waals surface area contributed by atoms with Crippen molar-refractivity contribution >= 4 is 29.4 Å². The van der Waals surface area contributed by atoms with E-state index in [1.54, 1.807) is 4.90 Å². The van der Waals surface area contributed by atoms with Crippen LogP contribution in [0, 0.1) is 0 Å². The monoisotopic (exact) mass is 280 g/mol. The van der Waals surface area contributed by atoms with Gasteiger partial charge in [-0.1, -0.05) is 30.0 Å². The number of hydrogen-bond acceptors (Lipinski definition) is 4. The lowest BCUT2D eigenvalue weighted by Gasteiger charge is -2.16. The van der Waals surface area contributed by atoms with Gasteiger partial charge in [0.25, 0.3) is 5.91 Å². The molecule has 0 aliphatic carbocycles. The zero-order valence-electron chi connectivity index (χ0n) is 10.8. The van der Waals surface area contributed by atoms with Crippen LogP contribution in [0.3, 0.4) is 0 Å². The smallest absolute Gasteiger partial charge is 0.408 e. The molecule has 1 aliphatic rings. The van der Waals surface area contributed by atoms with Gasteiger partial charge in [0.1, 0.15) is 0 Å². The number of thioether (sulfide) groups is 1. The van der Waals surface area contributed by atoms with Gasteiger partial charge in [-0.15, -0.1) is 0 Å². The second-order valence-electron chi connectivity index (χ2n) is 4.43. The first kappa shape index (κ1) is 13.7.